The molecule has 0 heterocycles. The number of nitrogens with one attached hydrogen (secondary N) is 1. The van der Waals surface area contributed by atoms with Crippen molar-refractivity contribution in [3.63, 3.8) is 0 Å². The van der Waals surface area contributed by atoms with E-state index in [0.717, 1.165) is 17.8 Å². The molecule has 2 rings (SSSR count). The van der Waals surface area contributed by atoms with Gasteiger partial charge in [0.2, 0.25) is 0 Å². The first kappa shape index (κ1) is 14.4. The van der Waals surface area contributed by atoms with Crippen molar-refractivity contribution in [2.45, 2.75) is 78.7 Å². The third-order valence-electron chi connectivity index (χ3n) is 5.90. The Bertz CT molecular complexity index is 272. The Kier molecular flexibility index (Phi) is 4.11. The van der Waals surface area contributed by atoms with Gasteiger partial charge in [-0.05, 0) is 76.0 Å². The standard InChI is InChI=1S/C17H33N/c1-6-17(7-2,12-18-16(3,4)5)15-11-13-8-9-14(15)10-13/h13-15,18H,6-12H2,1-5H3. The highest BCUT2D eigenvalue weighted by Crippen LogP contribution is 2.56. The lowest BCUT2D eigenvalue weighted by atomic mass is 9.65. The second-order valence-electron chi connectivity index (χ2n) is 7.95. The van der Waals surface area contributed by atoms with Gasteiger partial charge in [0.1, 0.15) is 0 Å². The molecule has 0 saturated heterocycles. The predicted molar refractivity (Wildman–Crippen MR) is 79.7 cm³/mol. The highest BCUT2D eigenvalue weighted by molar-refractivity contribution is 5.00. The fourth-order valence-corrected chi connectivity index (χ4v) is 4.59. The van der Waals surface area contributed by atoms with Crippen LogP contribution >= 0.6 is 0 Å². The van der Waals surface area contributed by atoms with Crippen LogP contribution in [0, 0.1) is 23.2 Å². The largest absolute Gasteiger partial charge is 0.312 e. The number of hydrogen-bond acceptors (Lipinski definition) is 1. The molecule has 0 aromatic heterocycles. The maximum atomic E-state index is 3.80. The Morgan fingerprint density at radius 1 is 1.00 bits per heavy atom. The van der Waals surface area contributed by atoms with E-state index < -0.39 is 0 Å². The van der Waals surface area contributed by atoms with E-state index in [9.17, 15) is 0 Å². The van der Waals surface area contributed by atoms with E-state index in [2.05, 4.69) is 39.9 Å². The molecule has 0 spiro atoms. The molecule has 2 fully saturated rings. The molecular formula is C17H33N. The Labute approximate surface area is 114 Å². The highest BCUT2D eigenvalue weighted by Gasteiger charge is 2.48. The van der Waals surface area contributed by atoms with E-state index >= 15 is 0 Å². The summed E-state index contributed by atoms with van der Waals surface area (Å²) >= 11 is 0. The lowest BCUT2D eigenvalue weighted by Crippen LogP contribution is -2.47. The van der Waals surface area contributed by atoms with Crippen molar-refractivity contribution in [2.75, 3.05) is 6.54 Å². The molecule has 2 saturated carbocycles. The van der Waals surface area contributed by atoms with Crippen molar-refractivity contribution in [2.24, 2.45) is 23.2 Å². The van der Waals surface area contributed by atoms with Crippen LogP contribution in [0.3, 0.4) is 0 Å². The van der Waals surface area contributed by atoms with Gasteiger partial charge in [-0.25, -0.2) is 0 Å². The van der Waals surface area contributed by atoms with Crippen molar-refractivity contribution in [3.05, 3.63) is 0 Å². The van der Waals surface area contributed by atoms with Crippen LogP contribution in [0.4, 0.5) is 0 Å². The molecule has 1 heteroatoms. The molecule has 3 atom stereocenters. The topological polar surface area (TPSA) is 12.0 Å². The summed E-state index contributed by atoms with van der Waals surface area (Å²) in [5.41, 5.74) is 0.820. The van der Waals surface area contributed by atoms with E-state index in [1.807, 2.05) is 0 Å². The molecule has 2 aliphatic carbocycles. The first-order chi connectivity index (χ1) is 8.40. The van der Waals surface area contributed by atoms with Gasteiger partial charge < -0.3 is 5.32 Å². The molecule has 0 aromatic carbocycles. The Hall–Kier alpha value is -0.0400. The molecule has 2 bridgehead atoms. The summed E-state index contributed by atoms with van der Waals surface area (Å²) in [7, 11) is 0. The van der Waals surface area contributed by atoms with E-state index in [4.69, 9.17) is 0 Å². The molecular weight excluding hydrogens is 218 g/mol. The van der Waals surface area contributed by atoms with Crippen molar-refractivity contribution in [3.8, 4) is 0 Å². The summed E-state index contributed by atoms with van der Waals surface area (Å²) < 4.78 is 0. The minimum atomic E-state index is 0.257. The van der Waals surface area contributed by atoms with Gasteiger partial charge in [0.05, 0.1) is 0 Å². The van der Waals surface area contributed by atoms with Gasteiger partial charge in [-0.1, -0.05) is 20.3 Å². The average Bonchev–Trinajstić information content (AvgIpc) is 2.92. The fourth-order valence-electron chi connectivity index (χ4n) is 4.59. The first-order valence-electron chi connectivity index (χ1n) is 8.15. The van der Waals surface area contributed by atoms with Crippen LogP contribution in [0.5, 0.6) is 0 Å². The summed E-state index contributed by atoms with van der Waals surface area (Å²) in [6.45, 7) is 12.9. The number of hydrogen-bond donors (Lipinski definition) is 1. The molecule has 2 aliphatic rings. The fraction of sp³-hybridized carbons (Fsp3) is 1.00. The molecule has 3 unspecified atom stereocenters. The smallest absolute Gasteiger partial charge is 0.00967 e. The predicted octanol–water partition coefficient (Wildman–Crippen LogP) is 4.62. The van der Waals surface area contributed by atoms with Crippen LogP contribution in [-0.4, -0.2) is 12.1 Å². The quantitative estimate of drug-likeness (QED) is 0.752. The van der Waals surface area contributed by atoms with Gasteiger partial charge in [0.25, 0.3) is 0 Å². The van der Waals surface area contributed by atoms with E-state index in [0.29, 0.717) is 5.41 Å². The molecule has 0 radical (unpaired) electrons. The normalized spacial score (nSPS) is 32.2. The van der Waals surface area contributed by atoms with Crippen LogP contribution in [0.25, 0.3) is 0 Å². The van der Waals surface area contributed by atoms with Gasteiger partial charge >= 0.3 is 0 Å². The van der Waals surface area contributed by atoms with Crippen molar-refractivity contribution in [1.29, 1.82) is 0 Å². The van der Waals surface area contributed by atoms with Gasteiger partial charge in [-0.3, -0.25) is 0 Å². The molecule has 1 N–H and O–H groups in total. The summed E-state index contributed by atoms with van der Waals surface area (Å²) in [6, 6.07) is 0. The zero-order valence-corrected chi connectivity index (χ0v) is 13.2. The lowest BCUT2D eigenvalue weighted by Gasteiger charge is -2.44. The maximum Gasteiger partial charge on any atom is 0.00967 e. The monoisotopic (exact) mass is 251 g/mol. The molecule has 0 aliphatic heterocycles. The van der Waals surface area contributed by atoms with Crippen LogP contribution in [-0.2, 0) is 0 Å². The first-order valence-corrected chi connectivity index (χ1v) is 8.15. The molecule has 0 amide bonds. The zero-order chi connectivity index (χ0) is 13.4. The second-order valence-corrected chi connectivity index (χ2v) is 7.95. The summed E-state index contributed by atoms with van der Waals surface area (Å²) in [6.07, 6.45) is 8.81. The van der Waals surface area contributed by atoms with Gasteiger partial charge in [0.15, 0.2) is 0 Å². The lowest BCUT2D eigenvalue weighted by molar-refractivity contribution is 0.0798. The Morgan fingerprint density at radius 2 is 1.67 bits per heavy atom. The Balaban J connectivity index is 2.06. The average molecular weight is 251 g/mol. The molecule has 106 valence electrons. The number of rotatable bonds is 5. The Morgan fingerprint density at radius 3 is 2.06 bits per heavy atom. The van der Waals surface area contributed by atoms with Gasteiger partial charge in [0, 0.05) is 12.1 Å². The minimum absolute atomic E-state index is 0.257. The number of fused-ring (bicyclic) bond motifs is 2. The molecule has 1 nitrogen and oxygen atoms in total. The van der Waals surface area contributed by atoms with Gasteiger partial charge in [-0.15, -0.1) is 0 Å². The molecule has 18 heavy (non-hydrogen) atoms. The van der Waals surface area contributed by atoms with Crippen molar-refractivity contribution in [1.82, 2.24) is 5.32 Å². The van der Waals surface area contributed by atoms with Crippen molar-refractivity contribution >= 4 is 0 Å². The SMILES string of the molecule is CCC(CC)(CNC(C)(C)C)C1CC2CCC1C2. The van der Waals surface area contributed by atoms with E-state index in [1.165, 1.54) is 38.6 Å². The zero-order valence-electron chi connectivity index (χ0n) is 13.2. The minimum Gasteiger partial charge on any atom is -0.312 e. The summed E-state index contributed by atoms with van der Waals surface area (Å²) in [5.74, 6) is 3.13. The highest BCUT2D eigenvalue weighted by atomic mass is 15.0. The van der Waals surface area contributed by atoms with Crippen molar-refractivity contribution < 1.29 is 0 Å². The van der Waals surface area contributed by atoms with Crippen LogP contribution in [0.2, 0.25) is 0 Å². The second kappa shape index (κ2) is 5.15. The summed E-state index contributed by atoms with van der Waals surface area (Å²) in [5, 5.41) is 3.80. The van der Waals surface area contributed by atoms with Crippen LogP contribution in [0.15, 0.2) is 0 Å². The van der Waals surface area contributed by atoms with Crippen LogP contribution < -0.4 is 5.32 Å². The van der Waals surface area contributed by atoms with E-state index in [-0.39, 0.29) is 5.54 Å². The molecule has 0 aromatic rings. The summed E-state index contributed by atoms with van der Waals surface area (Å²) in [4.78, 5) is 0. The maximum absolute atomic E-state index is 3.80. The third-order valence-corrected chi connectivity index (χ3v) is 5.90. The van der Waals surface area contributed by atoms with Gasteiger partial charge in [-0.2, -0.15) is 0 Å². The van der Waals surface area contributed by atoms with Crippen LogP contribution in [0.1, 0.15) is 73.1 Å². The van der Waals surface area contributed by atoms with E-state index in [1.54, 1.807) is 6.42 Å². The third kappa shape index (κ3) is 2.76.